The molecule has 1 aromatic carbocycles. The van der Waals surface area contributed by atoms with E-state index in [9.17, 15) is 9.59 Å². The summed E-state index contributed by atoms with van der Waals surface area (Å²) in [5.41, 5.74) is 1.73. The largest absolute Gasteiger partial charge is 0.465 e. The normalized spacial score (nSPS) is 14.0. The van der Waals surface area contributed by atoms with Gasteiger partial charge in [0.1, 0.15) is 5.82 Å². The van der Waals surface area contributed by atoms with Crippen LogP contribution in [0.25, 0.3) is 0 Å². The molecule has 0 unspecified atom stereocenters. The smallest absolute Gasteiger partial charge is 0.337 e. The molecule has 2 heterocycles. The van der Waals surface area contributed by atoms with E-state index in [1.54, 1.807) is 29.2 Å². The summed E-state index contributed by atoms with van der Waals surface area (Å²) >= 11 is 6.25. The Kier molecular flexibility index (Phi) is 5.75. The van der Waals surface area contributed by atoms with Gasteiger partial charge in [0.05, 0.1) is 23.4 Å². The fourth-order valence-electron chi connectivity index (χ4n) is 2.79. The Morgan fingerprint density at radius 3 is 2.63 bits per heavy atom. The summed E-state index contributed by atoms with van der Waals surface area (Å²) in [4.78, 5) is 35.4. The highest BCUT2D eigenvalue weighted by atomic mass is 35.5. The standard InChI is InChI=1S/C18H20ClN5O3/c1-12-9-16(21-15-10-13(17(26)27-2)3-4-14(15)19)22-18(20-12)24-7-5-23(11-25)6-8-24/h3-4,9-11H,5-8H2,1-2H3,(H,20,21,22). The second kappa shape index (κ2) is 8.22. The van der Waals surface area contributed by atoms with Gasteiger partial charge in [-0.05, 0) is 25.1 Å². The lowest BCUT2D eigenvalue weighted by Gasteiger charge is -2.32. The molecule has 1 N–H and O–H groups in total. The number of halogens is 1. The van der Waals surface area contributed by atoms with Gasteiger partial charge in [0.25, 0.3) is 0 Å². The van der Waals surface area contributed by atoms with Crippen LogP contribution in [-0.2, 0) is 9.53 Å². The van der Waals surface area contributed by atoms with Gasteiger partial charge in [-0.3, -0.25) is 4.79 Å². The Labute approximate surface area is 162 Å². The topological polar surface area (TPSA) is 87.7 Å². The van der Waals surface area contributed by atoms with Crippen LogP contribution < -0.4 is 10.2 Å². The first-order chi connectivity index (χ1) is 13.0. The van der Waals surface area contributed by atoms with Crippen LogP contribution in [0.5, 0.6) is 0 Å². The van der Waals surface area contributed by atoms with E-state index in [0.717, 1.165) is 12.1 Å². The third kappa shape index (κ3) is 4.46. The van der Waals surface area contributed by atoms with Crippen LogP contribution in [0.4, 0.5) is 17.5 Å². The van der Waals surface area contributed by atoms with Crippen molar-refractivity contribution in [2.24, 2.45) is 0 Å². The maximum atomic E-state index is 11.7. The lowest BCUT2D eigenvalue weighted by Crippen LogP contribution is -2.46. The SMILES string of the molecule is COC(=O)c1ccc(Cl)c(Nc2cc(C)nc(N3CCN(C=O)CC3)n2)c1. The van der Waals surface area contributed by atoms with Crippen molar-refractivity contribution in [1.29, 1.82) is 0 Å². The number of hydrogen-bond donors (Lipinski definition) is 1. The summed E-state index contributed by atoms with van der Waals surface area (Å²) in [7, 11) is 1.33. The molecule has 1 fully saturated rings. The molecular weight excluding hydrogens is 370 g/mol. The fourth-order valence-corrected chi connectivity index (χ4v) is 2.95. The highest BCUT2D eigenvalue weighted by molar-refractivity contribution is 6.33. The van der Waals surface area contributed by atoms with Crippen LogP contribution >= 0.6 is 11.6 Å². The van der Waals surface area contributed by atoms with Crippen LogP contribution in [0.3, 0.4) is 0 Å². The first kappa shape index (κ1) is 18.9. The molecule has 8 nitrogen and oxygen atoms in total. The number of aromatic nitrogens is 2. The van der Waals surface area contributed by atoms with E-state index in [1.165, 1.54) is 7.11 Å². The van der Waals surface area contributed by atoms with Gasteiger partial charge in [-0.25, -0.2) is 9.78 Å². The number of aryl methyl sites for hydroxylation is 1. The number of esters is 1. The van der Waals surface area contributed by atoms with Gasteiger partial charge in [0.2, 0.25) is 12.4 Å². The molecular formula is C18H20ClN5O3. The minimum atomic E-state index is -0.442. The number of ether oxygens (including phenoxy) is 1. The molecule has 0 spiro atoms. The van der Waals surface area contributed by atoms with E-state index in [-0.39, 0.29) is 0 Å². The van der Waals surface area contributed by atoms with Gasteiger partial charge >= 0.3 is 5.97 Å². The Balaban J connectivity index is 1.83. The molecule has 1 aliphatic heterocycles. The maximum Gasteiger partial charge on any atom is 0.337 e. The second-order valence-corrected chi connectivity index (χ2v) is 6.54. The molecule has 9 heteroatoms. The van der Waals surface area contributed by atoms with Crippen LogP contribution in [-0.4, -0.2) is 60.5 Å². The summed E-state index contributed by atoms with van der Waals surface area (Å²) in [5, 5.41) is 3.61. The van der Waals surface area contributed by atoms with E-state index in [2.05, 4.69) is 15.3 Å². The zero-order valence-electron chi connectivity index (χ0n) is 15.1. The Hall–Kier alpha value is -2.87. The van der Waals surface area contributed by atoms with Gasteiger partial charge in [-0.15, -0.1) is 0 Å². The molecule has 1 saturated heterocycles. The van der Waals surface area contributed by atoms with Crippen molar-refractivity contribution in [2.45, 2.75) is 6.92 Å². The Morgan fingerprint density at radius 2 is 1.96 bits per heavy atom. The van der Waals surface area contributed by atoms with Crippen LogP contribution in [0.2, 0.25) is 5.02 Å². The number of benzene rings is 1. The lowest BCUT2D eigenvalue weighted by atomic mass is 10.2. The number of carbonyl (C=O) groups excluding carboxylic acids is 2. The number of nitrogens with zero attached hydrogens (tertiary/aromatic N) is 4. The van der Waals surface area contributed by atoms with Crippen molar-refractivity contribution in [3.8, 4) is 0 Å². The third-order valence-corrected chi connectivity index (χ3v) is 4.57. The van der Waals surface area contributed by atoms with Crippen molar-refractivity contribution in [3.63, 3.8) is 0 Å². The predicted molar refractivity (Wildman–Crippen MR) is 103 cm³/mol. The molecule has 2 aromatic rings. The molecule has 0 atom stereocenters. The zero-order valence-corrected chi connectivity index (χ0v) is 15.9. The van der Waals surface area contributed by atoms with E-state index >= 15 is 0 Å². The van der Waals surface area contributed by atoms with Gasteiger partial charge in [0, 0.05) is 37.9 Å². The summed E-state index contributed by atoms with van der Waals surface area (Å²) in [5.74, 6) is 0.713. The zero-order chi connectivity index (χ0) is 19.4. The molecule has 142 valence electrons. The van der Waals surface area contributed by atoms with Crippen LogP contribution in [0.1, 0.15) is 16.1 Å². The van der Waals surface area contributed by atoms with Crippen molar-refractivity contribution >= 4 is 41.4 Å². The molecule has 1 aliphatic rings. The average Bonchev–Trinajstić information content (AvgIpc) is 2.68. The van der Waals surface area contributed by atoms with Gasteiger partial charge in [0.15, 0.2) is 0 Å². The molecule has 0 radical (unpaired) electrons. The van der Waals surface area contributed by atoms with Gasteiger partial charge in [-0.1, -0.05) is 11.6 Å². The van der Waals surface area contributed by atoms with Crippen molar-refractivity contribution in [1.82, 2.24) is 14.9 Å². The highest BCUT2D eigenvalue weighted by Gasteiger charge is 2.19. The summed E-state index contributed by atoms with van der Waals surface area (Å²) in [6.45, 7) is 4.48. The molecule has 3 rings (SSSR count). The average molecular weight is 390 g/mol. The number of hydrogen-bond acceptors (Lipinski definition) is 7. The number of rotatable bonds is 5. The van der Waals surface area contributed by atoms with Crippen molar-refractivity contribution < 1.29 is 14.3 Å². The van der Waals surface area contributed by atoms with Gasteiger partial charge < -0.3 is 19.9 Å². The fraction of sp³-hybridized carbons (Fsp3) is 0.333. The highest BCUT2D eigenvalue weighted by Crippen LogP contribution is 2.27. The number of methoxy groups -OCH3 is 1. The van der Waals surface area contributed by atoms with E-state index in [1.807, 2.05) is 11.8 Å². The number of piperazine rings is 1. The number of nitrogens with one attached hydrogen (secondary N) is 1. The van der Waals surface area contributed by atoms with E-state index < -0.39 is 5.97 Å². The monoisotopic (exact) mass is 389 g/mol. The molecule has 1 aromatic heterocycles. The summed E-state index contributed by atoms with van der Waals surface area (Å²) in [6, 6.07) is 6.65. The van der Waals surface area contributed by atoms with Gasteiger partial charge in [-0.2, -0.15) is 4.98 Å². The molecule has 0 saturated carbocycles. The minimum Gasteiger partial charge on any atom is -0.465 e. The van der Waals surface area contributed by atoms with Crippen LogP contribution in [0, 0.1) is 6.92 Å². The van der Waals surface area contributed by atoms with E-state index in [4.69, 9.17) is 16.3 Å². The number of amides is 1. The first-order valence-corrected chi connectivity index (χ1v) is 8.83. The Bertz CT molecular complexity index is 853. The third-order valence-electron chi connectivity index (χ3n) is 4.24. The Morgan fingerprint density at radius 1 is 1.22 bits per heavy atom. The molecule has 27 heavy (non-hydrogen) atoms. The quantitative estimate of drug-likeness (QED) is 0.619. The molecule has 0 aliphatic carbocycles. The van der Waals surface area contributed by atoms with Crippen molar-refractivity contribution in [3.05, 3.63) is 40.5 Å². The molecule has 0 bridgehead atoms. The summed E-state index contributed by atoms with van der Waals surface area (Å²) in [6.07, 6.45) is 0.859. The predicted octanol–water partition coefficient (Wildman–Crippen LogP) is 2.25. The minimum absolute atomic E-state index is 0.389. The molecule has 1 amide bonds. The lowest BCUT2D eigenvalue weighted by molar-refractivity contribution is -0.118. The van der Waals surface area contributed by atoms with E-state index in [0.29, 0.717) is 54.2 Å². The van der Waals surface area contributed by atoms with Crippen molar-refractivity contribution in [2.75, 3.05) is 43.5 Å². The number of anilines is 3. The van der Waals surface area contributed by atoms with Crippen LogP contribution in [0.15, 0.2) is 24.3 Å². The maximum absolute atomic E-state index is 11.7. The first-order valence-electron chi connectivity index (χ1n) is 8.45. The summed E-state index contributed by atoms with van der Waals surface area (Å²) < 4.78 is 4.75. The second-order valence-electron chi connectivity index (χ2n) is 6.13. The number of carbonyl (C=O) groups is 2.